The van der Waals surface area contributed by atoms with Gasteiger partial charge in [-0.15, -0.1) is 0 Å². The topological polar surface area (TPSA) is 40.2 Å². The second-order valence-electron chi connectivity index (χ2n) is 4.73. The Morgan fingerprint density at radius 1 is 1.41 bits per heavy atom. The molecule has 0 spiro atoms. The Labute approximate surface area is 101 Å². The van der Waals surface area contributed by atoms with Gasteiger partial charge in [-0.2, -0.15) is 0 Å². The molecule has 2 N–H and O–H groups in total. The summed E-state index contributed by atoms with van der Waals surface area (Å²) in [5.74, 6) is 0.953. The molecule has 1 saturated carbocycles. The first-order valence-electron chi connectivity index (χ1n) is 6.14. The van der Waals surface area contributed by atoms with Crippen LogP contribution >= 0.6 is 0 Å². The third-order valence-electron chi connectivity index (χ3n) is 3.69. The van der Waals surface area contributed by atoms with E-state index in [-0.39, 0.29) is 0 Å². The summed E-state index contributed by atoms with van der Waals surface area (Å²) in [4.78, 5) is 0. The van der Waals surface area contributed by atoms with Crippen molar-refractivity contribution >= 4 is 10.9 Å². The Hall–Kier alpha value is -1.48. The molecule has 0 unspecified atom stereocenters. The molecule has 17 heavy (non-hydrogen) atoms. The summed E-state index contributed by atoms with van der Waals surface area (Å²) in [6.45, 7) is 2.74. The number of nitrogens with zero attached hydrogens (tertiary/aromatic N) is 1. The number of hydrogen-bond donors (Lipinski definition) is 1. The van der Waals surface area contributed by atoms with Gasteiger partial charge in [0.15, 0.2) is 0 Å². The number of ether oxygens (including phenoxy) is 1. The number of methoxy groups -OCH3 is 1. The maximum atomic E-state index is 5.91. The van der Waals surface area contributed by atoms with E-state index in [1.807, 2.05) is 6.07 Å². The molecular formula is C14H18N2O. The fourth-order valence-corrected chi connectivity index (χ4v) is 2.74. The smallest absolute Gasteiger partial charge is 0.128 e. The first-order valence-corrected chi connectivity index (χ1v) is 6.14. The Morgan fingerprint density at radius 2 is 2.18 bits per heavy atom. The molecule has 0 atom stereocenters. The van der Waals surface area contributed by atoms with E-state index in [4.69, 9.17) is 10.5 Å². The van der Waals surface area contributed by atoms with Crippen molar-refractivity contribution in [1.82, 2.24) is 4.57 Å². The number of nitrogens with two attached hydrogens (primary N) is 1. The predicted octanol–water partition coefficient (Wildman–Crippen LogP) is 2.75. The minimum atomic E-state index is 0.597. The van der Waals surface area contributed by atoms with E-state index in [9.17, 15) is 0 Å². The molecule has 3 nitrogen and oxygen atoms in total. The fourth-order valence-electron chi connectivity index (χ4n) is 2.74. The molecular weight excluding hydrogens is 212 g/mol. The summed E-state index contributed by atoms with van der Waals surface area (Å²) in [7, 11) is 1.73. The minimum Gasteiger partial charge on any atom is -0.496 e. The number of hydrogen-bond acceptors (Lipinski definition) is 2. The molecule has 0 radical (unpaired) electrons. The van der Waals surface area contributed by atoms with Gasteiger partial charge in [0, 0.05) is 23.7 Å². The molecule has 2 aromatic rings. The van der Waals surface area contributed by atoms with Gasteiger partial charge in [0.2, 0.25) is 0 Å². The molecule has 1 aliphatic rings. The molecule has 0 amide bonds. The van der Waals surface area contributed by atoms with Gasteiger partial charge in [0.1, 0.15) is 5.75 Å². The first-order chi connectivity index (χ1) is 8.27. The molecule has 1 heterocycles. The standard InChI is InChI=1S/C14H18N2O/c1-9-12(8-15)16(10-6-7-10)11-4-3-5-13(17-2)14(9)11/h3-5,10H,6-8,15H2,1-2H3. The van der Waals surface area contributed by atoms with E-state index in [0.29, 0.717) is 12.6 Å². The molecule has 0 bridgehead atoms. The highest BCUT2D eigenvalue weighted by molar-refractivity contribution is 5.91. The average molecular weight is 230 g/mol. The van der Waals surface area contributed by atoms with Gasteiger partial charge < -0.3 is 15.0 Å². The van der Waals surface area contributed by atoms with Crippen molar-refractivity contribution in [3.05, 3.63) is 29.5 Å². The van der Waals surface area contributed by atoms with Crippen molar-refractivity contribution in [2.24, 2.45) is 5.73 Å². The van der Waals surface area contributed by atoms with Crippen LogP contribution in [0.2, 0.25) is 0 Å². The highest BCUT2D eigenvalue weighted by Crippen LogP contribution is 2.43. The lowest BCUT2D eigenvalue weighted by molar-refractivity contribution is 0.419. The van der Waals surface area contributed by atoms with Crippen LogP contribution in [0.25, 0.3) is 10.9 Å². The van der Waals surface area contributed by atoms with Gasteiger partial charge in [-0.25, -0.2) is 0 Å². The molecule has 3 heteroatoms. The molecule has 0 aliphatic heterocycles. The zero-order valence-corrected chi connectivity index (χ0v) is 10.4. The highest BCUT2D eigenvalue weighted by atomic mass is 16.5. The predicted molar refractivity (Wildman–Crippen MR) is 69.4 cm³/mol. The zero-order valence-electron chi connectivity index (χ0n) is 10.4. The maximum absolute atomic E-state index is 5.91. The molecule has 1 aliphatic carbocycles. The Bertz CT molecular complexity index is 567. The second-order valence-corrected chi connectivity index (χ2v) is 4.73. The lowest BCUT2D eigenvalue weighted by Crippen LogP contribution is -2.06. The normalized spacial score (nSPS) is 15.5. The van der Waals surface area contributed by atoms with Crippen molar-refractivity contribution in [2.45, 2.75) is 32.4 Å². The number of rotatable bonds is 3. The van der Waals surface area contributed by atoms with Gasteiger partial charge in [0.25, 0.3) is 0 Å². The summed E-state index contributed by atoms with van der Waals surface area (Å²) in [5.41, 5.74) is 9.71. The number of fused-ring (bicyclic) bond motifs is 1. The van der Waals surface area contributed by atoms with Crippen LogP contribution in [0.1, 0.15) is 30.1 Å². The van der Waals surface area contributed by atoms with Crippen LogP contribution in [-0.4, -0.2) is 11.7 Å². The van der Waals surface area contributed by atoms with Gasteiger partial charge in [0.05, 0.1) is 12.6 Å². The maximum Gasteiger partial charge on any atom is 0.128 e. The zero-order chi connectivity index (χ0) is 12.0. The van der Waals surface area contributed by atoms with Crippen LogP contribution in [-0.2, 0) is 6.54 Å². The second kappa shape index (κ2) is 3.77. The van der Waals surface area contributed by atoms with Crippen molar-refractivity contribution in [3.8, 4) is 5.75 Å². The quantitative estimate of drug-likeness (QED) is 0.880. The number of aryl methyl sites for hydroxylation is 1. The monoisotopic (exact) mass is 230 g/mol. The van der Waals surface area contributed by atoms with Crippen molar-refractivity contribution in [2.75, 3.05) is 7.11 Å². The summed E-state index contributed by atoms with van der Waals surface area (Å²) in [5, 5.41) is 1.22. The summed E-state index contributed by atoms with van der Waals surface area (Å²) in [6, 6.07) is 6.89. The average Bonchev–Trinajstić information content (AvgIpc) is 3.14. The lowest BCUT2D eigenvalue weighted by Gasteiger charge is -2.08. The van der Waals surface area contributed by atoms with Crippen LogP contribution in [0.3, 0.4) is 0 Å². The Balaban J connectivity index is 2.37. The van der Waals surface area contributed by atoms with Gasteiger partial charge in [-0.1, -0.05) is 6.07 Å². The van der Waals surface area contributed by atoms with Crippen LogP contribution in [0.4, 0.5) is 0 Å². The summed E-state index contributed by atoms with van der Waals surface area (Å²) in [6.07, 6.45) is 2.54. The van der Waals surface area contributed by atoms with Crippen molar-refractivity contribution in [1.29, 1.82) is 0 Å². The van der Waals surface area contributed by atoms with Crippen LogP contribution in [0.15, 0.2) is 18.2 Å². The molecule has 3 rings (SSSR count). The summed E-state index contributed by atoms with van der Waals surface area (Å²) >= 11 is 0. The van der Waals surface area contributed by atoms with E-state index in [0.717, 1.165) is 5.75 Å². The molecule has 1 aromatic heterocycles. The Kier molecular flexibility index (Phi) is 2.37. The lowest BCUT2D eigenvalue weighted by atomic mass is 10.1. The molecule has 90 valence electrons. The molecule has 1 aromatic carbocycles. The third-order valence-corrected chi connectivity index (χ3v) is 3.69. The number of benzene rings is 1. The van der Waals surface area contributed by atoms with Gasteiger partial charge in [-0.3, -0.25) is 0 Å². The van der Waals surface area contributed by atoms with E-state index >= 15 is 0 Å². The van der Waals surface area contributed by atoms with Gasteiger partial charge in [-0.05, 0) is 37.5 Å². The fraction of sp³-hybridized carbons (Fsp3) is 0.429. The molecule has 1 fully saturated rings. The SMILES string of the molecule is COc1cccc2c1c(C)c(CN)n2C1CC1. The van der Waals surface area contributed by atoms with E-state index in [1.165, 1.54) is 35.0 Å². The minimum absolute atomic E-state index is 0.597. The van der Waals surface area contributed by atoms with Crippen molar-refractivity contribution < 1.29 is 4.74 Å². The van der Waals surface area contributed by atoms with E-state index < -0.39 is 0 Å². The number of aromatic nitrogens is 1. The third kappa shape index (κ3) is 1.46. The largest absolute Gasteiger partial charge is 0.496 e. The molecule has 0 saturated heterocycles. The van der Waals surface area contributed by atoms with E-state index in [1.54, 1.807) is 7.11 Å². The summed E-state index contributed by atoms with van der Waals surface area (Å²) < 4.78 is 7.88. The van der Waals surface area contributed by atoms with Gasteiger partial charge >= 0.3 is 0 Å². The van der Waals surface area contributed by atoms with Crippen LogP contribution in [0, 0.1) is 6.92 Å². The van der Waals surface area contributed by atoms with Crippen molar-refractivity contribution in [3.63, 3.8) is 0 Å². The van der Waals surface area contributed by atoms with E-state index in [2.05, 4.69) is 23.6 Å². The Morgan fingerprint density at radius 3 is 2.76 bits per heavy atom. The van der Waals surface area contributed by atoms with Crippen LogP contribution in [0.5, 0.6) is 5.75 Å². The first kappa shape index (κ1) is 10.7. The highest BCUT2D eigenvalue weighted by Gasteiger charge is 2.29. The van der Waals surface area contributed by atoms with Crippen LogP contribution < -0.4 is 10.5 Å².